The molecular formula is C14H17N3O2. The summed E-state index contributed by atoms with van der Waals surface area (Å²) in [6.45, 7) is 1.65. The lowest BCUT2D eigenvalue weighted by molar-refractivity contribution is 0.359. The normalized spacial score (nSPS) is 19.7. The average Bonchev–Trinajstić information content (AvgIpc) is 2.44. The van der Waals surface area contributed by atoms with Crippen molar-refractivity contribution in [3.05, 3.63) is 34.9 Å². The Kier molecular flexibility index (Phi) is 3.21. The summed E-state index contributed by atoms with van der Waals surface area (Å²) in [5.74, 6) is 0.0533. The molecule has 0 bridgehead atoms. The first-order valence-corrected chi connectivity index (χ1v) is 6.66. The Labute approximate surface area is 110 Å². The SMILES string of the molecule is O=c1c2cccc(O)c2ncn1CC1CCCCN1. The molecule has 3 rings (SSSR count). The lowest BCUT2D eigenvalue weighted by Crippen LogP contribution is -2.39. The number of phenolic OH excluding ortho intramolecular Hbond substituents is 1. The molecule has 1 aromatic carbocycles. The highest BCUT2D eigenvalue weighted by Gasteiger charge is 2.15. The van der Waals surface area contributed by atoms with Crippen molar-refractivity contribution < 1.29 is 5.11 Å². The van der Waals surface area contributed by atoms with Crippen molar-refractivity contribution in [1.29, 1.82) is 0 Å². The van der Waals surface area contributed by atoms with E-state index in [-0.39, 0.29) is 11.3 Å². The average molecular weight is 259 g/mol. The van der Waals surface area contributed by atoms with Crippen molar-refractivity contribution >= 4 is 10.9 Å². The van der Waals surface area contributed by atoms with Gasteiger partial charge in [-0.3, -0.25) is 9.36 Å². The van der Waals surface area contributed by atoms with Gasteiger partial charge in [-0.2, -0.15) is 0 Å². The third kappa shape index (κ3) is 2.33. The van der Waals surface area contributed by atoms with Crippen LogP contribution >= 0.6 is 0 Å². The number of fused-ring (bicyclic) bond motifs is 1. The number of aromatic nitrogens is 2. The number of rotatable bonds is 2. The fraction of sp³-hybridized carbons (Fsp3) is 0.429. The van der Waals surface area contributed by atoms with Gasteiger partial charge in [0, 0.05) is 12.6 Å². The fourth-order valence-electron chi connectivity index (χ4n) is 2.62. The first-order valence-electron chi connectivity index (χ1n) is 6.66. The second kappa shape index (κ2) is 5.01. The number of phenols is 1. The van der Waals surface area contributed by atoms with Crippen LogP contribution in [0.1, 0.15) is 19.3 Å². The van der Waals surface area contributed by atoms with E-state index in [4.69, 9.17) is 0 Å². The van der Waals surface area contributed by atoms with Gasteiger partial charge in [-0.1, -0.05) is 12.5 Å². The Morgan fingerprint density at radius 2 is 2.32 bits per heavy atom. The Morgan fingerprint density at radius 1 is 1.42 bits per heavy atom. The molecule has 2 N–H and O–H groups in total. The van der Waals surface area contributed by atoms with E-state index in [1.54, 1.807) is 22.8 Å². The van der Waals surface area contributed by atoms with Crippen molar-refractivity contribution in [2.45, 2.75) is 31.8 Å². The third-order valence-corrected chi connectivity index (χ3v) is 3.66. The van der Waals surface area contributed by atoms with Crippen LogP contribution in [0.4, 0.5) is 0 Å². The topological polar surface area (TPSA) is 67.1 Å². The Bertz CT molecular complexity index is 645. The zero-order valence-corrected chi connectivity index (χ0v) is 10.7. The van der Waals surface area contributed by atoms with Gasteiger partial charge in [-0.05, 0) is 31.5 Å². The third-order valence-electron chi connectivity index (χ3n) is 3.66. The number of nitrogens with zero attached hydrogens (tertiary/aromatic N) is 2. The van der Waals surface area contributed by atoms with E-state index in [0.29, 0.717) is 23.5 Å². The van der Waals surface area contributed by atoms with Crippen LogP contribution in [0, 0.1) is 0 Å². The highest BCUT2D eigenvalue weighted by molar-refractivity contribution is 5.82. The molecule has 1 fully saturated rings. The van der Waals surface area contributed by atoms with Crippen molar-refractivity contribution in [1.82, 2.24) is 14.9 Å². The number of aromatic hydroxyl groups is 1. The summed E-state index contributed by atoms with van der Waals surface area (Å²) >= 11 is 0. The number of hydrogen-bond donors (Lipinski definition) is 2. The number of para-hydroxylation sites is 1. The van der Waals surface area contributed by atoms with E-state index in [0.717, 1.165) is 13.0 Å². The molecule has 0 saturated carbocycles. The summed E-state index contributed by atoms with van der Waals surface area (Å²) in [4.78, 5) is 16.5. The number of hydrogen-bond acceptors (Lipinski definition) is 4. The lowest BCUT2D eigenvalue weighted by Gasteiger charge is -2.24. The van der Waals surface area contributed by atoms with Crippen LogP contribution in [0.3, 0.4) is 0 Å². The first-order chi connectivity index (χ1) is 9.25. The summed E-state index contributed by atoms with van der Waals surface area (Å²) in [7, 11) is 0. The van der Waals surface area contributed by atoms with Gasteiger partial charge in [0.2, 0.25) is 0 Å². The molecule has 0 aliphatic carbocycles. The van der Waals surface area contributed by atoms with E-state index in [9.17, 15) is 9.90 Å². The second-order valence-electron chi connectivity index (χ2n) is 5.02. The molecule has 2 heterocycles. The van der Waals surface area contributed by atoms with Crippen LogP contribution in [-0.4, -0.2) is 27.2 Å². The van der Waals surface area contributed by atoms with E-state index in [2.05, 4.69) is 10.3 Å². The maximum atomic E-state index is 12.3. The second-order valence-corrected chi connectivity index (χ2v) is 5.02. The predicted octanol–water partition coefficient (Wildman–Crippen LogP) is 1.24. The molecule has 0 amide bonds. The van der Waals surface area contributed by atoms with Gasteiger partial charge in [0.1, 0.15) is 11.3 Å². The lowest BCUT2D eigenvalue weighted by atomic mass is 10.1. The van der Waals surface area contributed by atoms with Crippen molar-refractivity contribution in [3.8, 4) is 5.75 Å². The first kappa shape index (κ1) is 12.2. The van der Waals surface area contributed by atoms with Crippen molar-refractivity contribution in [2.24, 2.45) is 0 Å². The van der Waals surface area contributed by atoms with Gasteiger partial charge in [-0.15, -0.1) is 0 Å². The standard InChI is InChI=1S/C14H17N3O2/c18-12-6-3-5-11-13(12)16-9-17(14(11)19)8-10-4-1-2-7-15-10/h3,5-6,9-10,15,18H,1-2,4,7-8H2. The van der Waals surface area contributed by atoms with Crippen LogP contribution in [0.2, 0.25) is 0 Å². The molecule has 1 unspecified atom stereocenters. The zero-order valence-electron chi connectivity index (χ0n) is 10.7. The molecule has 0 radical (unpaired) electrons. The van der Waals surface area contributed by atoms with Crippen LogP contribution in [0.25, 0.3) is 10.9 Å². The van der Waals surface area contributed by atoms with E-state index in [1.807, 2.05) is 0 Å². The molecule has 5 heteroatoms. The predicted molar refractivity (Wildman–Crippen MR) is 73.3 cm³/mol. The molecule has 1 aliphatic heterocycles. The van der Waals surface area contributed by atoms with Crippen molar-refractivity contribution in [3.63, 3.8) is 0 Å². The van der Waals surface area contributed by atoms with Crippen LogP contribution in [0.15, 0.2) is 29.3 Å². The van der Waals surface area contributed by atoms with E-state index < -0.39 is 0 Å². The summed E-state index contributed by atoms with van der Waals surface area (Å²) in [5.41, 5.74) is 0.286. The van der Waals surface area contributed by atoms with Crippen LogP contribution < -0.4 is 10.9 Å². The molecule has 1 aliphatic rings. The summed E-state index contributed by atoms with van der Waals surface area (Å²) in [5, 5.41) is 13.6. The Hall–Kier alpha value is -1.88. The maximum Gasteiger partial charge on any atom is 0.261 e. The van der Waals surface area contributed by atoms with Crippen LogP contribution in [-0.2, 0) is 6.54 Å². The van der Waals surface area contributed by atoms with Gasteiger partial charge in [-0.25, -0.2) is 4.98 Å². The van der Waals surface area contributed by atoms with Gasteiger partial charge < -0.3 is 10.4 Å². The quantitative estimate of drug-likeness (QED) is 0.851. The maximum absolute atomic E-state index is 12.3. The van der Waals surface area contributed by atoms with Gasteiger partial charge in [0.05, 0.1) is 11.7 Å². The number of benzene rings is 1. The Morgan fingerprint density at radius 3 is 3.11 bits per heavy atom. The molecular weight excluding hydrogens is 242 g/mol. The molecule has 1 atom stereocenters. The minimum atomic E-state index is -0.0896. The highest BCUT2D eigenvalue weighted by atomic mass is 16.3. The summed E-state index contributed by atoms with van der Waals surface area (Å²) in [6.07, 6.45) is 5.02. The smallest absolute Gasteiger partial charge is 0.261 e. The Balaban J connectivity index is 1.96. The van der Waals surface area contributed by atoms with Crippen LogP contribution in [0.5, 0.6) is 5.75 Å². The number of piperidine rings is 1. The monoisotopic (exact) mass is 259 g/mol. The van der Waals surface area contributed by atoms with Gasteiger partial charge in [0.15, 0.2) is 0 Å². The van der Waals surface area contributed by atoms with E-state index in [1.165, 1.54) is 19.2 Å². The van der Waals surface area contributed by atoms with E-state index >= 15 is 0 Å². The van der Waals surface area contributed by atoms with Crippen molar-refractivity contribution in [2.75, 3.05) is 6.54 Å². The molecule has 1 aromatic heterocycles. The number of nitrogens with one attached hydrogen (secondary N) is 1. The summed E-state index contributed by atoms with van der Waals surface area (Å²) in [6, 6.07) is 5.25. The minimum Gasteiger partial charge on any atom is -0.506 e. The molecule has 2 aromatic rings. The zero-order chi connectivity index (χ0) is 13.2. The highest BCUT2D eigenvalue weighted by Crippen LogP contribution is 2.18. The molecule has 19 heavy (non-hydrogen) atoms. The van der Waals surface area contributed by atoms with Gasteiger partial charge >= 0.3 is 0 Å². The van der Waals surface area contributed by atoms with Gasteiger partial charge in [0.25, 0.3) is 5.56 Å². The largest absolute Gasteiger partial charge is 0.506 e. The molecule has 0 spiro atoms. The summed E-state index contributed by atoms with van der Waals surface area (Å²) < 4.78 is 1.63. The fourth-order valence-corrected chi connectivity index (χ4v) is 2.62. The minimum absolute atomic E-state index is 0.0533. The molecule has 1 saturated heterocycles. The molecule has 100 valence electrons. The molecule has 5 nitrogen and oxygen atoms in total.